The number of hydrogen-bond acceptors (Lipinski definition) is 3. The molecule has 3 nitrogen and oxygen atoms in total. The molecule has 0 aromatic heterocycles. The van der Waals surface area contributed by atoms with E-state index in [4.69, 9.17) is 9.47 Å². The van der Waals surface area contributed by atoms with E-state index < -0.39 is 18.4 Å². The summed E-state index contributed by atoms with van der Waals surface area (Å²) in [7, 11) is 0.359. The van der Waals surface area contributed by atoms with Crippen LogP contribution in [0.4, 0.5) is 13.2 Å². The van der Waals surface area contributed by atoms with Crippen molar-refractivity contribution in [2.24, 2.45) is 0 Å². The molecule has 2 rings (SSSR count). The minimum atomic E-state index is -4.70. The van der Waals surface area contributed by atoms with Crippen LogP contribution in [0.1, 0.15) is 19.8 Å². The third kappa shape index (κ3) is 5.29. The van der Waals surface area contributed by atoms with E-state index in [2.05, 4.69) is 12.1 Å². The maximum Gasteiger partial charge on any atom is 0.419 e. The average Bonchev–Trinajstić information content (AvgIpc) is 3.00. The molecule has 1 atom stereocenters. The number of aliphatic hydroxyl groups is 1. The first-order chi connectivity index (χ1) is 10.8. The molecule has 0 spiro atoms. The van der Waals surface area contributed by atoms with Crippen molar-refractivity contribution in [3.05, 3.63) is 24.3 Å². The zero-order valence-corrected chi connectivity index (χ0v) is 13.9. The second-order valence-electron chi connectivity index (χ2n) is 5.75. The van der Waals surface area contributed by atoms with Gasteiger partial charge in [-0.25, -0.2) is 0 Å². The van der Waals surface area contributed by atoms with E-state index in [0.717, 1.165) is 0 Å². The Hall–Kier alpha value is -0.920. The fourth-order valence-electron chi connectivity index (χ4n) is 2.19. The van der Waals surface area contributed by atoms with Gasteiger partial charge in [0.2, 0.25) is 0 Å². The predicted octanol–water partition coefficient (Wildman–Crippen LogP) is 3.17. The topological polar surface area (TPSA) is 38.7 Å². The van der Waals surface area contributed by atoms with Crippen LogP contribution in [0, 0.1) is 0 Å². The average molecular weight is 351 g/mol. The summed E-state index contributed by atoms with van der Waals surface area (Å²) in [6, 6.07) is 7.87. The Bertz CT molecular complexity index is 482. The van der Waals surface area contributed by atoms with Crippen LogP contribution in [0.2, 0.25) is 0 Å². The molecule has 1 aliphatic rings. The zero-order chi connectivity index (χ0) is 16.9. The molecule has 1 N–H and O–H groups in total. The molecule has 23 heavy (non-hydrogen) atoms. The van der Waals surface area contributed by atoms with E-state index in [-0.39, 0.29) is 13.2 Å². The highest BCUT2D eigenvalue weighted by molar-refractivity contribution is 7.97. The lowest BCUT2D eigenvalue weighted by molar-refractivity contribution is -0.267. The van der Waals surface area contributed by atoms with Crippen molar-refractivity contribution in [1.82, 2.24) is 0 Å². The van der Waals surface area contributed by atoms with Crippen LogP contribution in [0.15, 0.2) is 29.2 Å². The fraction of sp³-hybridized carbons (Fsp3) is 0.625. The third-order valence-corrected chi connectivity index (χ3v) is 6.18. The molecule has 0 amide bonds. The van der Waals surface area contributed by atoms with Gasteiger partial charge >= 0.3 is 6.18 Å². The first-order valence-electron chi connectivity index (χ1n) is 7.57. The molecule has 1 heterocycles. The van der Waals surface area contributed by atoms with E-state index in [9.17, 15) is 18.3 Å². The van der Waals surface area contributed by atoms with E-state index in [0.29, 0.717) is 23.6 Å². The van der Waals surface area contributed by atoms with Crippen LogP contribution in [-0.4, -0.2) is 48.2 Å². The van der Waals surface area contributed by atoms with Gasteiger partial charge < -0.3 is 14.6 Å². The molecule has 1 saturated heterocycles. The van der Waals surface area contributed by atoms with Crippen molar-refractivity contribution in [2.75, 3.05) is 31.3 Å². The number of hydrogen-bond donors (Lipinski definition) is 1. The molecule has 0 aliphatic carbocycles. The van der Waals surface area contributed by atoms with E-state index in [1.165, 1.54) is 29.2 Å². The van der Waals surface area contributed by atoms with Gasteiger partial charge in [-0.3, -0.25) is 0 Å². The molecular formula is C16H22F3O3S+. The Morgan fingerprint density at radius 3 is 2.26 bits per heavy atom. The van der Waals surface area contributed by atoms with Crippen molar-refractivity contribution in [3.8, 4) is 5.75 Å². The Balaban J connectivity index is 1.68. The number of alkyl halides is 3. The number of halogens is 3. The molecule has 0 saturated carbocycles. The van der Waals surface area contributed by atoms with Crippen molar-refractivity contribution >= 4 is 10.9 Å². The van der Waals surface area contributed by atoms with Crippen LogP contribution in [0.25, 0.3) is 0 Å². The summed E-state index contributed by atoms with van der Waals surface area (Å²) >= 11 is 0. The maximum absolute atomic E-state index is 12.4. The van der Waals surface area contributed by atoms with E-state index >= 15 is 0 Å². The van der Waals surface area contributed by atoms with Crippen LogP contribution in [0.5, 0.6) is 5.75 Å². The monoisotopic (exact) mass is 351 g/mol. The fourth-order valence-corrected chi connectivity index (χ4v) is 4.49. The van der Waals surface area contributed by atoms with Gasteiger partial charge in [0.25, 0.3) is 0 Å². The molecule has 0 radical (unpaired) electrons. The number of ether oxygens (including phenoxy) is 2. The van der Waals surface area contributed by atoms with Gasteiger partial charge in [-0.05, 0) is 44.0 Å². The van der Waals surface area contributed by atoms with Gasteiger partial charge in [-0.2, -0.15) is 13.2 Å². The van der Waals surface area contributed by atoms with Gasteiger partial charge in [-0.15, -0.1) is 0 Å². The zero-order valence-electron chi connectivity index (χ0n) is 13.1. The van der Waals surface area contributed by atoms with Crippen molar-refractivity contribution in [1.29, 1.82) is 0 Å². The normalized spacial score (nSPS) is 18.8. The minimum Gasteiger partial charge on any atom is -0.491 e. The molecule has 1 unspecified atom stereocenters. The molecule has 1 aromatic carbocycles. The minimum absolute atomic E-state index is 0.0155. The highest BCUT2D eigenvalue weighted by Crippen LogP contribution is 2.30. The van der Waals surface area contributed by atoms with E-state index in [1.807, 2.05) is 12.1 Å². The summed E-state index contributed by atoms with van der Waals surface area (Å²) in [6.07, 6.45) is -2.12. The highest BCUT2D eigenvalue weighted by Gasteiger charge is 2.50. The Labute approximate surface area is 137 Å². The Kier molecular flexibility index (Phi) is 6.22. The van der Waals surface area contributed by atoms with Crippen molar-refractivity contribution < 1.29 is 27.8 Å². The molecular weight excluding hydrogens is 329 g/mol. The first kappa shape index (κ1) is 18.4. The van der Waals surface area contributed by atoms with Gasteiger partial charge in [0.15, 0.2) is 10.5 Å². The summed E-state index contributed by atoms with van der Waals surface area (Å²) in [5, 5.41) is 9.21. The van der Waals surface area contributed by atoms with E-state index in [1.54, 1.807) is 0 Å². The number of rotatable bonds is 7. The Morgan fingerprint density at radius 1 is 1.09 bits per heavy atom. The molecule has 1 aromatic rings. The van der Waals surface area contributed by atoms with Crippen LogP contribution in [-0.2, 0) is 15.6 Å². The van der Waals surface area contributed by atoms with Gasteiger partial charge in [0.1, 0.15) is 23.9 Å². The summed E-state index contributed by atoms with van der Waals surface area (Å²) in [6.45, 7) is 0.00926. The van der Waals surface area contributed by atoms with Crippen LogP contribution < -0.4 is 4.74 Å². The maximum atomic E-state index is 12.4. The number of benzene rings is 1. The molecule has 1 aliphatic heterocycles. The predicted molar refractivity (Wildman–Crippen MR) is 84.0 cm³/mol. The summed E-state index contributed by atoms with van der Waals surface area (Å²) in [4.78, 5) is 1.34. The van der Waals surface area contributed by atoms with Gasteiger partial charge in [-0.1, -0.05) is 0 Å². The second kappa shape index (κ2) is 7.77. The van der Waals surface area contributed by atoms with Crippen molar-refractivity contribution in [3.63, 3.8) is 0 Å². The van der Waals surface area contributed by atoms with Gasteiger partial charge in [0.05, 0.1) is 13.2 Å². The second-order valence-corrected chi connectivity index (χ2v) is 8.03. The first-order valence-corrected chi connectivity index (χ1v) is 9.13. The van der Waals surface area contributed by atoms with Crippen LogP contribution in [0.3, 0.4) is 0 Å². The van der Waals surface area contributed by atoms with Crippen LogP contribution >= 0.6 is 0 Å². The van der Waals surface area contributed by atoms with Gasteiger partial charge in [0, 0.05) is 10.9 Å². The largest absolute Gasteiger partial charge is 0.491 e. The standard InChI is InChI=1S/C16H22F3O3S/c1-15(20,16(17,18)19)12-21-8-9-22-13-4-6-14(7-5-13)23-10-2-3-11-23/h4-7,20H,2-3,8-12H2,1H3/q+1. The molecule has 1 fully saturated rings. The Morgan fingerprint density at radius 2 is 1.70 bits per heavy atom. The smallest absolute Gasteiger partial charge is 0.419 e. The summed E-state index contributed by atoms with van der Waals surface area (Å²) in [5.41, 5.74) is -2.84. The third-order valence-electron chi connectivity index (χ3n) is 3.68. The molecule has 0 bridgehead atoms. The lowest BCUT2D eigenvalue weighted by Gasteiger charge is -2.25. The summed E-state index contributed by atoms with van der Waals surface area (Å²) in [5.74, 6) is 3.18. The highest BCUT2D eigenvalue weighted by atomic mass is 32.2. The van der Waals surface area contributed by atoms with Crippen molar-refractivity contribution in [2.45, 2.75) is 36.4 Å². The molecule has 130 valence electrons. The SMILES string of the molecule is CC(O)(COCCOc1ccc([S+]2CCCC2)cc1)C(F)(F)F. The lowest BCUT2D eigenvalue weighted by Crippen LogP contribution is -2.46. The molecule has 7 heteroatoms. The lowest BCUT2D eigenvalue weighted by atomic mass is 10.1. The summed E-state index contributed by atoms with van der Waals surface area (Å²) < 4.78 is 47.5. The quantitative estimate of drug-likeness (QED) is 0.606.